The van der Waals surface area contributed by atoms with Crippen molar-refractivity contribution in [3.05, 3.63) is 69.2 Å². The molecular formula is C26H28ClFN8O5S. The lowest BCUT2D eigenvalue weighted by molar-refractivity contribution is 0.0977. The summed E-state index contributed by atoms with van der Waals surface area (Å²) in [5, 5.41) is 7.23. The van der Waals surface area contributed by atoms with Crippen molar-refractivity contribution in [2.24, 2.45) is 14.1 Å². The van der Waals surface area contributed by atoms with E-state index in [1.54, 1.807) is 38.1 Å². The van der Waals surface area contributed by atoms with Crippen LogP contribution in [0.15, 0.2) is 41.5 Å². The van der Waals surface area contributed by atoms with Gasteiger partial charge in [-0.3, -0.25) is 18.8 Å². The van der Waals surface area contributed by atoms with Gasteiger partial charge in [0, 0.05) is 32.6 Å². The fraction of sp³-hybridized carbons (Fsp3) is 0.346. The van der Waals surface area contributed by atoms with E-state index in [4.69, 9.17) is 21.3 Å². The SMILES string of the molecule is C[C@@H](Nc1ccc(Cl)nc1C(=O)NS(C)(=O)=O)c1cc(F)cc2c(=O)n(C)c(N3CC[C@@H](Oc4cnn(C)c4)C3)nc12. The molecule has 0 aliphatic carbocycles. The van der Waals surface area contributed by atoms with E-state index in [0.717, 1.165) is 12.3 Å². The molecule has 1 saturated heterocycles. The molecule has 4 aromatic rings. The van der Waals surface area contributed by atoms with E-state index in [1.165, 1.54) is 22.8 Å². The zero-order valence-electron chi connectivity index (χ0n) is 23.1. The summed E-state index contributed by atoms with van der Waals surface area (Å²) in [7, 11) is -0.503. The van der Waals surface area contributed by atoms with Crippen LogP contribution in [0.5, 0.6) is 5.75 Å². The number of nitrogens with zero attached hydrogens (tertiary/aromatic N) is 6. The third-order valence-electron chi connectivity index (χ3n) is 6.76. The normalized spacial score (nSPS) is 16.0. The van der Waals surface area contributed by atoms with Crippen LogP contribution in [0.3, 0.4) is 0 Å². The number of ether oxygens (including phenoxy) is 1. The molecule has 222 valence electrons. The van der Waals surface area contributed by atoms with Gasteiger partial charge in [0.05, 0.1) is 47.8 Å². The van der Waals surface area contributed by atoms with Crippen LogP contribution in [0.1, 0.15) is 35.4 Å². The summed E-state index contributed by atoms with van der Waals surface area (Å²) in [5.41, 5.74) is 0.0538. The maximum absolute atomic E-state index is 14.8. The molecule has 1 aromatic carbocycles. The molecule has 16 heteroatoms. The van der Waals surface area contributed by atoms with E-state index < -0.39 is 33.3 Å². The molecular weight excluding hydrogens is 591 g/mol. The topological polar surface area (TPSA) is 153 Å². The molecule has 0 spiro atoms. The number of hydrogen-bond donors (Lipinski definition) is 2. The Balaban J connectivity index is 1.49. The molecule has 1 aliphatic rings. The van der Waals surface area contributed by atoms with Crippen LogP contribution in [-0.4, -0.2) is 64.1 Å². The van der Waals surface area contributed by atoms with Crippen LogP contribution >= 0.6 is 11.6 Å². The van der Waals surface area contributed by atoms with Gasteiger partial charge >= 0.3 is 0 Å². The molecule has 0 saturated carbocycles. The third kappa shape index (κ3) is 6.16. The maximum Gasteiger partial charge on any atom is 0.285 e. The molecule has 5 rings (SSSR count). The highest BCUT2D eigenvalue weighted by molar-refractivity contribution is 7.89. The van der Waals surface area contributed by atoms with Crippen LogP contribution in [0.4, 0.5) is 16.0 Å². The van der Waals surface area contributed by atoms with E-state index >= 15 is 0 Å². The summed E-state index contributed by atoms with van der Waals surface area (Å²) in [6.45, 7) is 2.74. The number of anilines is 2. The quantitative estimate of drug-likeness (QED) is 0.281. The summed E-state index contributed by atoms with van der Waals surface area (Å²) < 4.78 is 49.0. The summed E-state index contributed by atoms with van der Waals surface area (Å²) in [6, 6.07) is 4.56. The number of sulfonamides is 1. The summed E-state index contributed by atoms with van der Waals surface area (Å²) in [6.07, 6.45) is 4.78. The first kappa shape index (κ1) is 29.3. The van der Waals surface area contributed by atoms with Crippen LogP contribution < -0.4 is 25.2 Å². The molecule has 3 aromatic heterocycles. The molecule has 0 bridgehead atoms. The van der Waals surface area contributed by atoms with Gasteiger partial charge in [0.15, 0.2) is 11.4 Å². The number of benzene rings is 1. The van der Waals surface area contributed by atoms with E-state index in [0.29, 0.717) is 36.8 Å². The van der Waals surface area contributed by atoms with Gasteiger partial charge in [0.1, 0.15) is 17.1 Å². The number of aromatic nitrogens is 5. The first-order valence-electron chi connectivity index (χ1n) is 12.8. The number of hydrogen-bond acceptors (Lipinski definition) is 10. The van der Waals surface area contributed by atoms with Gasteiger partial charge in [0.2, 0.25) is 16.0 Å². The minimum Gasteiger partial charge on any atom is -0.485 e. The monoisotopic (exact) mass is 618 g/mol. The van der Waals surface area contributed by atoms with Crippen LogP contribution in [-0.2, 0) is 24.1 Å². The number of fused-ring (bicyclic) bond motifs is 1. The highest BCUT2D eigenvalue weighted by Gasteiger charge is 2.29. The molecule has 0 radical (unpaired) electrons. The number of carbonyl (C=O) groups excluding carboxylic acids is 1. The largest absolute Gasteiger partial charge is 0.485 e. The molecule has 2 atom stereocenters. The predicted molar refractivity (Wildman–Crippen MR) is 155 cm³/mol. The second kappa shape index (κ2) is 11.2. The van der Waals surface area contributed by atoms with Crippen molar-refractivity contribution >= 4 is 50.1 Å². The molecule has 4 heterocycles. The van der Waals surface area contributed by atoms with Crippen molar-refractivity contribution in [3.8, 4) is 5.75 Å². The second-order valence-corrected chi connectivity index (χ2v) is 12.2. The van der Waals surface area contributed by atoms with Gasteiger partial charge in [-0.05, 0) is 31.2 Å². The Morgan fingerprint density at radius 1 is 1.24 bits per heavy atom. The van der Waals surface area contributed by atoms with Crippen molar-refractivity contribution < 1.29 is 22.3 Å². The molecule has 42 heavy (non-hydrogen) atoms. The van der Waals surface area contributed by atoms with Crippen molar-refractivity contribution in [2.45, 2.75) is 25.5 Å². The Morgan fingerprint density at radius 3 is 2.69 bits per heavy atom. The summed E-state index contributed by atoms with van der Waals surface area (Å²) >= 11 is 5.97. The Hall–Kier alpha value is -4.24. The van der Waals surface area contributed by atoms with Crippen LogP contribution in [0.2, 0.25) is 5.15 Å². The molecule has 0 unspecified atom stereocenters. The molecule has 13 nitrogen and oxygen atoms in total. The summed E-state index contributed by atoms with van der Waals surface area (Å²) in [5.74, 6) is -0.603. The van der Waals surface area contributed by atoms with Gasteiger partial charge in [-0.2, -0.15) is 5.10 Å². The lowest BCUT2D eigenvalue weighted by atomic mass is 10.0. The van der Waals surface area contributed by atoms with Gasteiger partial charge in [-0.25, -0.2) is 27.5 Å². The first-order chi connectivity index (χ1) is 19.8. The zero-order valence-corrected chi connectivity index (χ0v) is 24.7. The van der Waals surface area contributed by atoms with Gasteiger partial charge < -0.3 is 15.0 Å². The van der Waals surface area contributed by atoms with Crippen LogP contribution in [0, 0.1) is 5.82 Å². The minimum atomic E-state index is -3.88. The first-order valence-corrected chi connectivity index (χ1v) is 15.1. The second-order valence-electron chi connectivity index (χ2n) is 10.1. The Bertz CT molecular complexity index is 1860. The van der Waals surface area contributed by atoms with E-state index in [1.807, 2.05) is 9.62 Å². The van der Waals surface area contributed by atoms with Gasteiger partial charge in [-0.1, -0.05) is 11.6 Å². The lowest BCUT2D eigenvalue weighted by Gasteiger charge is -2.23. The average Bonchev–Trinajstić information content (AvgIpc) is 3.54. The van der Waals surface area contributed by atoms with Gasteiger partial charge in [0.25, 0.3) is 11.5 Å². The van der Waals surface area contributed by atoms with E-state index in [2.05, 4.69) is 15.4 Å². The predicted octanol–water partition coefficient (Wildman–Crippen LogP) is 2.37. The van der Waals surface area contributed by atoms with Crippen molar-refractivity contribution in [3.63, 3.8) is 0 Å². The maximum atomic E-state index is 14.8. The number of halogens is 2. The number of rotatable bonds is 8. The molecule has 1 fully saturated rings. The van der Waals surface area contributed by atoms with Crippen molar-refractivity contribution in [2.75, 3.05) is 29.6 Å². The standard InChI is InChI=1S/C26H28ClFN8O5S/c1-14(30-20-5-6-21(27)31-23(20)24(37)33-42(4,39)40)18-9-15(28)10-19-22(18)32-26(35(3)25(19)38)36-8-7-16(13-36)41-17-11-29-34(2)12-17/h5-6,9-12,14,16,30H,7-8,13H2,1-4H3,(H,33,37)/t14-,16-/m1/s1. The number of nitrogens with one attached hydrogen (secondary N) is 2. The minimum absolute atomic E-state index is 0.0331. The lowest BCUT2D eigenvalue weighted by Crippen LogP contribution is -2.32. The third-order valence-corrected chi connectivity index (χ3v) is 7.52. The summed E-state index contributed by atoms with van der Waals surface area (Å²) in [4.78, 5) is 36.8. The Kier molecular flexibility index (Phi) is 7.81. The zero-order chi connectivity index (χ0) is 30.3. The highest BCUT2D eigenvalue weighted by Crippen LogP contribution is 2.30. The van der Waals surface area contributed by atoms with Crippen molar-refractivity contribution in [1.82, 2.24) is 29.0 Å². The van der Waals surface area contributed by atoms with E-state index in [9.17, 15) is 22.4 Å². The fourth-order valence-electron chi connectivity index (χ4n) is 4.88. The fourth-order valence-corrected chi connectivity index (χ4v) is 5.46. The number of aryl methyl sites for hydroxylation is 1. The number of pyridine rings is 1. The average molecular weight is 619 g/mol. The smallest absolute Gasteiger partial charge is 0.285 e. The van der Waals surface area contributed by atoms with Crippen molar-refractivity contribution in [1.29, 1.82) is 0 Å². The number of carbonyl (C=O) groups is 1. The van der Waals surface area contributed by atoms with Crippen LogP contribution in [0.25, 0.3) is 10.9 Å². The van der Waals surface area contributed by atoms with E-state index in [-0.39, 0.29) is 33.5 Å². The molecule has 1 amide bonds. The molecule has 1 aliphatic heterocycles. The Labute approximate surface area is 245 Å². The molecule has 2 N–H and O–H groups in total. The number of amides is 1. The van der Waals surface area contributed by atoms with Gasteiger partial charge in [-0.15, -0.1) is 0 Å². The Morgan fingerprint density at radius 2 is 2.00 bits per heavy atom. The highest BCUT2D eigenvalue weighted by atomic mass is 35.5.